The number of piperidine rings is 1. The number of carbonyl (C=O) groups excluding carboxylic acids is 3. The lowest BCUT2D eigenvalue weighted by atomic mass is 10.1. The van der Waals surface area contributed by atoms with Gasteiger partial charge in [0.05, 0.1) is 19.3 Å². The summed E-state index contributed by atoms with van der Waals surface area (Å²) in [6.45, 7) is 6.32. The zero-order valence-electron chi connectivity index (χ0n) is 22.5. The number of rotatable bonds is 11. The molecule has 0 aliphatic carbocycles. The van der Waals surface area contributed by atoms with Crippen molar-refractivity contribution < 1.29 is 19.1 Å². The third-order valence-corrected chi connectivity index (χ3v) is 7.38. The van der Waals surface area contributed by atoms with E-state index in [0.717, 1.165) is 51.3 Å². The van der Waals surface area contributed by atoms with Crippen molar-refractivity contribution in [3.8, 4) is 0 Å². The Balaban J connectivity index is 1.33. The van der Waals surface area contributed by atoms with Gasteiger partial charge in [-0.1, -0.05) is 11.6 Å². The molecule has 2 saturated heterocycles. The van der Waals surface area contributed by atoms with Crippen molar-refractivity contribution in [3.05, 3.63) is 59.1 Å². The van der Waals surface area contributed by atoms with Gasteiger partial charge in [0, 0.05) is 74.1 Å². The summed E-state index contributed by atoms with van der Waals surface area (Å²) in [6.07, 6.45) is 2.50. The Labute approximate surface area is 235 Å². The van der Waals surface area contributed by atoms with Gasteiger partial charge in [-0.25, -0.2) is 0 Å². The Morgan fingerprint density at radius 3 is 2.38 bits per heavy atom. The monoisotopic (exact) mass is 555 g/mol. The molecule has 39 heavy (non-hydrogen) atoms. The number of hydrogen-bond acceptors (Lipinski definition) is 6. The molecule has 1 atom stereocenters. The van der Waals surface area contributed by atoms with Gasteiger partial charge in [-0.15, -0.1) is 0 Å². The molecule has 0 saturated carbocycles. The van der Waals surface area contributed by atoms with Gasteiger partial charge in [0.2, 0.25) is 11.8 Å². The summed E-state index contributed by atoms with van der Waals surface area (Å²) in [6, 6.07) is 13.4. The number of hydrogen-bond donors (Lipinski definition) is 2. The summed E-state index contributed by atoms with van der Waals surface area (Å²) >= 11 is 5.94. The molecule has 3 amide bonds. The predicted octanol–water partition coefficient (Wildman–Crippen LogP) is 3.25. The molecule has 2 aromatic rings. The standard InChI is InChI=1S/C29H38ClN5O4/c1-33-14-16-34(17-15-33)18-19-39-21-25(20-27(36)31-24-9-7-23(30)8-10-24)32-29(38)22-5-11-26(12-6-22)35-13-3-2-4-28(35)37/h5-12,25H,2-4,13-21H2,1H3,(H,31,36)(H,32,38). The number of amides is 3. The second-order valence-corrected chi connectivity index (χ2v) is 10.6. The molecule has 2 N–H and O–H groups in total. The van der Waals surface area contributed by atoms with Gasteiger partial charge >= 0.3 is 0 Å². The van der Waals surface area contributed by atoms with E-state index in [1.807, 2.05) is 0 Å². The highest BCUT2D eigenvalue weighted by Crippen LogP contribution is 2.21. The van der Waals surface area contributed by atoms with Crippen LogP contribution in [-0.2, 0) is 14.3 Å². The molecule has 210 valence electrons. The summed E-state index contributed by atoms with van der Waals surface area (Å²) in [5, 5.41) is 6.40. The van der Waals surface area contributed by atoms with Crippen molar-refractivity contribution in [3.63, 3.8) is 0 Å². The molecule has 0 spiro atoms. The van der Waals surface area contributed by atoms with Crippen LogP contribution >= 0.6 is 11.6 Å². The first-order chi connectivity index (χ1) is 18.9. The van der Waals surface area contributed by atoms with Crippen LogP contribution in [0.2, 0.25) is 5.02 Å². The largest absolute Gasteiger partial charge is 0.378 e. The molecule has 2 fully saturated rings. The van der Waals surface area contributed by atoms with E-state index >= 15 is 0 Å². The molecule has 2 aliphatic heterocycles. The Kier molecular flexibility index (Phi) is 10.7. The van der Waals surface area contributed by atoms with Gasteiger partial charge in [-0.3, -0.25) is 19.3 Å². The van der Waals surface area contributed by atoms with Crippen LogP contribution in [0.15, 0.2) is 48.5 Å². The van der Waals surface area contributed by atoms with E-state index in [4.69, 9.17) is 16.3 Å². The normalized spacial score (nSPS) is 17.6. The van der Waals surface area contributed by atoms with E-state index in [1.54, 1.807) is 53.4 Å². The number of ether oxygens (including phenoxy) is 1. The van der Waals surface area contributed by atoms with Crippen molar-refractivity contribution in [1.82, 2.24) is 15.1 Å². The van der Waals surface area contributed by atoms with Gasteiger partial charge in [-0.2, -0.15) is 0 Å². The lowest BCUT2D eigenvalue weighted by Gasteiger charge is -2.32. The molecule has 4 rings (SSSR count). The smallest absolute Gasteiger partial charge is 0.251 e. The fourth-order valence-electron chi connectivity index (χ4n) is 4.75. The Bertz CT molecular complexity index is 1100. The molecule has 2 aliphatic rings. The number of carbonyl (C=O) groups is 3. The van der Waals surface area contributed by atoms with Gasteiger partial charge in [0.15, 0.2) is 0 Å². The molecule has 2 heterocycles. The van der Waals surface area contributed by atoms with Crippen LogP contribution in [0, 0.1) is 0 Å². The van der Waals surface area contributed by atoms with E-state index in [2.05, 4.69) is 27.5 Å². The average molecular weight is 556 g/mol. The van der Waals surface area contributed by atoms with Crippen LogP contribution in [0.1, 0.15) is 36.0 Å². The fraction of sp³-hybridized carbons (Fsp3) is 0.483. The highest BCUT2D eigenvalue weighted by Gasteiger charge is 2.22. The molecule has 2 aromatic carbocycles. The van der Waals surface area contributed by atoms with Crippen LogP contribution in [-0.4, -0.2) is 93.1 Å². The molecule has 0 bridgehead atoms. The maximum absolute atomic E-state index is 13.1. The lowest BCUT2D eigenvalue weighted by Crippen LogP contribution is -2.46. The van der Waals surface area contributed by atoms with Crippen LogP contribution in [0.25, 0.3) is 0 Å². The van der Waals surface area contributed by atoms with E-state index in [-0.39, 0.29) is 30.7 Å². The summed E-state index contributed by atoms with van der Waals surface area (Å²) in [7, 11) is 2.12. The van der Waals surface area contributed by atoms with Crippen molar-refractivity contribution in [2.75, 3.05) is 69.7 Å². The number of likely N-dealkylation sites (N-methyl/N-ethyl adjacent to an activating group) is 1. The third-order valence-electron chi connectivity index (χ3n) is 7.13. The van der Waals surface area contributed by atoms with Gasteiger partial charge < -0.3 is 25.2 Å². The first-order valence-corrected chi connectivity index (χ1v) is 14.0. The molecular formula is C29H38ClN5O4. The van der Waals surface area contributed by atoms with E-state index < -0.39 is 6.04 Å². The average Bonchev–Trinajstić information content (AvgIpc) is 2.93. The quantitative estimate of drug-likeness (QED) is 0.413. The van der Waals surface area contributed by atoms with E-state index in [9.17, 15) is 14.4 Å². The van der Waals surface area contributed by atoms with Crippen molar-refractivity contribution in [1.29, 1.82) is 0 Å². The predicted molar refractivity (Wildman–Crippen MR) is 153 cm³/mol. The lowest BCUT2D eigenvalue weighted by molar-refractivity contribution is -0.119. The minimum Gasteiger partial charge on any atom is -0.378 e. The summed E-state index contributed by atoms with van der Waals surface area (Å²) < 4.78 is 5.93. The number of benzene rings is 2. The summed E-state index contributed by atoms with van der Waals surface area (Å²) in [5.74, 6) is -0.415. The van der Waals surface area contributed by atoms with Gasteiger partial charge in [0.1, 0.15) is 0 Å². The second kappa shape index (κ2) is 14.4. The number of piperazine rings is 1. The SMILES string of the molecule is CN1CCN(CCOCC(CC(=O)Nc2ccc(Cl)cc2)NC(=O)c2ccc(N3CCCCC3=O)cc2)CC1. The Hall–Kier alpha value is -2.98. The number of halogens is 1. The van der Waals surface area contributed by atoms with E-state index in [0.29, 0.717) is 35.8 Å². The van der Waals surface area contributed by atoms with Gasteiger partial charge in [-0.05, 0) is 68.4 Å². The van der Waals surface area contributed by atoms with Crippen LogP contribution in [0.3, 0.4) is 0 Å². The molecule has 9 nitrogen and oxygen atoms in total. The highest BCUT2D eigenvalue weighted by molar-refractivity contribution is 6.30. The number of nitrogens with one attached hydrogen (secondary N) is 2. The van der Waals surface area contributed by atoms with Crippen LogP contribution in [0.4, 0.5) is 11.4 Å². The minimum absolute atomic E-state index is 0.0588. The molecular weight excluding hydrogens is 518 g/mol. The van der Waals surface area contributed by atoms with Crippen molar-refractivity contribution in [2.24, 2.45) is 0 Å². The zero-order valence-corrected chi connectivity index (χ0v) is 23.3. The van der Waals surface area contributed by atoms with Crippen molar-refractivity contribution >= 4 is 40.7 Å². The highest BCUT2D eigenvalue weighted by atomic mass is 35.5. The second-order valence-electron chi connectivity index (χ2n) is 10.2. The third kappa shape index (κ3) is 9.03. The maximum Gasteiger partial charge on any atom is 0.251 e. The molecule has 0 aromatic heterocycles. The minimum atomic E-state index is -0.513. The Morgan fingerprint density at radius 2 is 1.69 bits per heavy atom. The van der Waals surface area contributed by atoms with Crippen LogP contribution < -0.4 is 15.5 Å². The zero-order chi connectivity index (χ0) is 27.6. The molecule has 1 unspecified atom stereocenters. The number of anilines is 2. The first kappa shape index (κ1) is 29.0. The fourth-order valence-corrected chi connectivity index (χ4v) is 4.88. The topological polar surface area (TPSA) is 94.2 Å². The molecule has 0 radical (unpaired) electrons. The van der Waals surface area contributed by atoms with Crippen molar-refractivity contribution in [2.45, 2.75) is 31.7 Å². The summed E-state index contributed by atoms with van der Waals surface area (Å²) in [5.41, 5.74) is 1.89. The van der Waals surface area contributed by atoms with E-state index in [1.165, 1.54) is 0 Å². The van der Waals surface area contributed by atoms with Crippen LogP contribution in [0.5, 0.6) is 0 Å². The maximum atomic E-state index is 13.1. The first-order valence-electron chi connectivity index (χ1n) is 13.6. The Morgan fingerprint density at radius 1 is 0.974 bits per heavy atom. The van der Waals surface area contributed by atoms with Gasteiger partial charge in [0.25, 0.3) is 5.91 Å². The number of nitrogens with zero attached hydrogens (tertiary/aromatic N) is 3. The summed E-state index contributed by atoms with van der Waals surface area (Å²) in [4.78, 5) is 44.5. The molecule has 10 heteroatoms.